The van der Waals surface area contributed by atoms with Crippen LogP contribution in [0.15, 0.2) is 48.5 Å². The third kappa shape index (κ3) is 5.16. The zero-order valence-electron chi connectivity index (χ0n) is 18.2. The lowest BCUT2D eigenvalue weighted by Crippen LogP contribution is -2.44. The van der Waals surface area contributed by atoms with Gasteiger partial charge in [-0.15, -0.1) is 0 Å². The highest BCUT2D eigenvalue weighted by molar-refractivity contribution is 5.76. The molecule has 0 radical (unpaired) electrons. The Labute approximate surface area is 181 Å². The molecule has 1 aliphatic rings. The maximum absolute atomic E-state index is 13.3. The van der Waals surface area contributed by atoms with E-state index in [4.69, 9.17) is 9.47 Å². The number of aromatic nitrogens is 2. The number of rotatable bonds is 4. The zero-order valence-corrected chi connectivity index (χ0v) is 18.2. The van der Waals surface area contributed by atoms with Crippen LogP contribution in [0.25, 0.3) is 11.0 Å². The van der Waals surface area contributed by atoms with Crippen LogP contribution in [-0.4, -0.2) is 45.3 Å². The van der Waals surface area contributed by atoms with Gasteiger partial charge in [0, 0.05) is 25.9 Å². The first kappa shape index (κ1) is 21.2. The molecule has 0 atom stereocenters. The highest BCUT2D eigenvalue weighted by Crippen LogP contribution is 2.26. The lowest BCUT2D eigenvalue weighted by Gasteiger charge is -2.33. The number of carbonyl (C=O) groups is 1. The molecule has 31 heavy (non-hydrogen) atoms. The normalized spacial score (nSPS) is 15.3. The molecule has 0 N–H and O–H groups in total. The molecule has 1 saturated heterocycles. The van der Waals surface area contributed by atoms with Crippen LogP contribution >= 0.6 is 0 Å². The van der Waals surface area contributed by atoms with Crippen molar-refractivity contribution in [1.29, 1.82) is 0 Å². The van der Waals surface area contributed by atoms with E-state index in [-0.39, 0.29) is 18.0 Å². The molecule has 1 amide bonds. The van der Waals surface area contributed by atoms with Crippen molar-refractivity contribution in [1.82, 2.24) is 14.5 Å². The Morgan fingerprint density at radius 2 is 1.77 bits per heavy atom. The summed E-state index contributed by atoms with van der Waals surface area (Å²) < 4.78 is 27.1. The van der Waals surface area contributed by atoms with Crippen LogP contribution in [0.1, 0.15) is 39.2 Å². The third-order valence-electron chi connectivity index (χ3n) is 5.24. The Hall–Kier alpha value is -3.09. The molecule has 2 aromatic carbocycles. The van der Waals surface area contributed by atoms with E-state index in [2.05, 4.69) is 4.98 Å². The Morgan fingerprint density at radius 3 is 2.45 bits per heavy atom. The summed E-state index contributed by atoms with van der Waals surface area (Å²) in [5, 5.41) is 0. The second-order valence-corrected chi connectivity index (χ2v) is 8.88. The van der Waals surface area contributed by atoms with Crippen molar-refractivity contribution in [2.24, 2.45) is 0 Å². The molecule has 0 aliphatic carbocycles. The summed E-state index contributed by atoms with van der Waals surface area (Å²) in [6.07, 6.45) is 1.09. The first-order valence-electron chi connectivity index (χ1n) is 10.6. The van der Waals surface area contributed by atoms with Gasteiger partial charge in [0.2, 0.25) is 0 Å². The largest absolute Gasteiger partial charge is 0.461 e. The highest BCUT2D eigenvalue weighted by Gasteiger charge is 2.28. The monoisotopic (exact) mass is 425 g/mol. The van der Waals surface area contributed by atoms with Crippen molar-refractivity contribution in [3.63, 3.8) is 0 Å². The zero-order chi connectivity index (χ0) is 22.0. The number of halogens is 1. The number of para-hydroxylation sites is 2. The van der Waals surface area contributed by atoms with Gasteiger partial charge in [0.15, 0.2) is 0 Å². The van der Waals surface area contributed by atoms with Crippen molar-refractivity contribution >= 4 is 17.1 Å². The molecule has 7 heteroatoms. The van der Waals surface area contributed by atoms with E-state index >= 15 is 0 Å². The smallest absolute Gasteiger partial charge is 0.410 e. The van der Waals surface area contributed by atoms with Gasteiger partial charge in [0.05, 0.1) is 17.6 Å². The van der Waals surface area contributed by atoms with Crippen LogP contribution in [0.2, 0.25) is 0 Å². The molecule has 4 rings (SSSR count). The molecule has 0 spiro atoms. The lowest BCUT2D eigenvalue weighted by atomic mass is 10.1. The Morgan fingerprint density at radius 1 is 1.10 bits per heavy atom. The average Bonchev–Trinajstić information content (AvgIpc) is 3.06. The number of piperidine rings is 1. The van der Waals surface area contributed by atoms with Crippen molar-refractivity contribution in [2.75, 3.05) is 13.1 Å². The van der Waals surface area contributed by atoms with Gasteiger partial charge < -0.3 is 14.4 Å². The lowest BCUT2D eigenvalue weighted by molar-refractivity contribution is 0.0116. The van der Waals surface area contributed by atoms with Gasteiger partial charge in [0.25, 0.3) is 6.01 Å². The Balaban J connectivity index is 1.47. The molecule has 1 fully saturated rings. The Bertz CT molecular complexity index is 1050. The number of benzene rings is 2. The van der Waals surface area contributed by atoms with Gasteiger partial charge in [-0.25, -0.2) is 9.18 Å². The molecule has 0 bridgehead atoms. The third-order valence-corrected chi connectivity index (χ3v) is 5.24. The molecular weight excluding hydrogens is 397 g/mol. The minimum Gasteiger partial charge on any atom is -0.461 e. The van der Waals surface area contributed by atoms with Crippen molar-refractivity contribution in [3.8, 4) is 6.01 Å². The molecule has 2 heterocycles. The summed E-state index contributed by atoms with van der Waals surface area (Å²) in [4.78, 5) is 18.7. The molecule has 0 saturated carbocycles. The van der Waals surface area contributed by atoms with Crippen LogP contribution in [0, 0.1) is 5.82 Å². The van der Waals surface area contributed by atoms with Crippen molar-refractivity contribution < 1.29 is 18.7 Å². The standard InChI is InChI=1S/C24H28FN3O3/c1-24(2,3)31-23(29)27-14-12-19(13-15-27)30-22-26-20-6-4-5-7-21(20)28(22)16-17-8-10-18(25)11-9-17/h4-11,19H,12-16H2,1-3H3. The van der Waals surface area contributed by atoms with Gasteiger partial charge in [0.1, 0.15) is 17.5 Å². The molecule has 1 aliphatic heterocycles. The second kappa shape index (κ2) is 8.57. The number of nitrogens with zero attached hydrogens (tertiary/aromatic N) is 3. The number of imidazole rings is 1. The molecule has 164 valence electrons. The van der Waals surface area contributed by atoms with E-state index in [9.17, 15) is 9.18 Å². The fourth-order valence-electron chi connectivity index (χ4n) is 3.70. The summed E-state index contributed by atoms with van der Waals surface area (Å²) in [5.41, 5.74) is 2.28. The Kier molecular flexibility index (Phi) is 5.85. The number of fused-ring (bicyclic) bond motifs is 1. The van der Waals surface area contributed by atoms with Gasteiger partial charge in [-0.2, -0.15) is 4.98 Å². The topological polar surface area (TPSA) is 56.6 Å². The van der Waals surface area contributed by atoms with Crippen molar-refractivity contribution in [2.45, 2.75) is 51.9 Å². The summed E-state index contributed by atoms with van der Waals surface area (Å²) in [6.45, 7) is 7.30. The number of carbonyl (C=O) groups excluding carboxylic acids is 1. The van der Waals surface area contributed by atoms with E-state index in [0.29, 0.717) is 38.5 Å². The van der Waals surface area contributed by atoms with E-state index in [1.165, 1.54) is 12.1 Å². The maximum Gasteiger partial charge on any atom is 0.410 e. The highest BCUT2D eigenvalue weighted by atomic mass is 19.1. The fourth-order valence-corrected chi connectivity index (χ4v) is 3.70. The number of likely N-dealkylation sites (tertiary alicyclic amines) is 1. The fraction of sp³-hybridized carbons (Fsp3) is 0.417. The van der Waals surface area contributed by atoms with Gasteiger partial charge >= 0.3 is 6.09 Å². The van der Waals surface area contributed by atoms with Crippen molar-refractivity contribution in [3.05, 3.63) is 59.9 Å². The maximum atomic E-state index is 13.3. The van der Waals surface area contributed by atoms with E-state index in [0.717, 1.165) is 16.6 Å². The summed E-state index contributed by atoms with van der Waals surface area (Å²) >= 11 is 0. The quantitative estimate of drug-likeness (QED) is 0.590. The van der Waals surface area contributed by atoms with Crippen LogP contribution < -0.4 is 4.74 Å². The van der Waals surface area contributed by atoms with Crippen LogP contribution in [0.5, 0.6) is 6.01 Å². The number of hydrogen-bond donors (Lipinski definition) is 0. The van der Waals surface area contributed by atoms with Crippen LogP contribution in [0.3, 0.4) is 0 Å². The van der Waals surface area contributed by atoms with Gasteiger partial charge in [-0.05, 0) is 50.6 Å². The molecule has 6 nitrogen and oxygen atoms in total. The molecular formula is C24H28FN3O3. The van der Waals surface area contributed by atoms with Crippen LogP contribution in [0.4, 0.5) is 9.18 Å². The predicted octanol–water partition coefficient (Wildman–Crippen LogP) is 5.00. The van der Waals surface area contributed by atoms with E-state index in [1.807, 2.05) is 49.6 Å². The van der Waals surface area contributed by atoms with Crippen LogP contribution in [-0.2, 0) is 11.3 Å². The molecule has 3 aromatic rings. The second-order valence-electron chi connectivity index (χ2n) is 8.88. The van der Waals surface area contributed by atoms with Gasteiger partial charge in [-0.3, -0.25) is 4.57 Å². The first-order valence-corrected chi connectivity index (χ1v) is 10.6. The summed E-state index contributed by atoms with van der Waals surface area (Å²) in [7, 11) is 0. The predicted molar refractivity (Wildman–Crippen MR) is 117 cm³/mol. The molecule has 1 aromatic heterocycles. The molecule has 0 unspecified atom stereocenters. The minimum atomic E-state index is -0.504. The van der Waals surface area contributed by atoms with E-state index < -0.39 is 5.60 Å². The average molecular weight is 426 g/mol. The van der Waals surface area contributed by atoms with Gasteiger partial charge in [-0.1, -0.05) is 24.3 Å². The number of hydrogen-bond acceptors (Lipinski definition) is 4. The number of amides is 1. The summed E-state index contributed by atoms with van der Waals surface area (Å²) in [6, 6.07) is 14.9. The minimum absolute atomic E-state index is 0.0394. The van der Waals surface area contributed by atoms with E-state index in [1.54, 1.807) is 17.0 Å². The SMILES string of the molecule is CC(C)(C)OC(=O)N1CCC(Oc2nc3ccccc3n2Cc2ccc(F)cc2)CC1. The first-order chi connectivity index (χ1) is 14.8. The summed E-state index contributed by atoms with van der Waals surface area (Å²) in [5.74, 6) is -0.257. The number of ether oxygens (including phenoxy) is 2.